The molecule has 0 bridgehead atoms. The first-order valence-electron chi connectivity index (χ1n) is 4.33. The molecular weight excluding hydrogens is 414 g/mol. The van der Waals surface area contributed by atoms with Crippen molar-refractivity contribution in [3.8, 4) is 11.4 Å². The molecule has 2 nitrogen and oxygen atoms in total. The van der Waals surface area contributed by atoms with Crippen LogP contribution >= 0.6 is 66.7 Å². The van der Waals surface area contributed by atoms with Gasteiger partial charge in [-0.2, -0.15) is 0 Å². The monoisotopic (exact) mass is 414 g/mol. The van der Waals surface area contributed by atoms with Gasteiger partial charge in [-0.05, 0) is 34.1 Å². The maximum absolute atomic E-state index is 5.93. The number of aromatic nitrogens is 2. The number of nitrogens with zero attached hydrogens (tertiary/aromatic N) is 2. The van der Waals surface area contributed by atoms with E-state index in [-0.39, 0.29) is 10.3 Å². The van der Waals surface area contributed by atoms with Gasteiger partial charge in [0.25, 0.3) is 0 Å². The molecule has 0 saturated heterocycles. The molecule has 0 N–H and O–H groups in total. The van der Waals surface area contributed by atoms with Gasteiger partial charge < -0.3 is 0 Å². The molecule has 0 fully saturated rings. The molecule has 2 aromatic rings. The summed E-state index contributed by atoms with van der Waals surface area (Å²) in [6, 6.07) is 5.31. The Hall–Kier alpha value is 0.130. The molecule has 0 radical (unpaired) electrons. The lowest BCUT2D eigenvalue weighted by atomic mass is 10.2. The van der Waals surface area contributed by atoms with Crippen molar-refractivity contribution in [3.05, 3.63) is 42.5 Å². The summed E-state index contributed by atoms with van der Waals surface area (Å²) >= 11 is 24.4. The molecule has 0 saturated carbocycles. The smallest absolute Gasteiger partial charge is 0.163 e. The summed E-state index contributed by atoms with van der Waals surface area (Å²) in [5.41, 5.74) is 0.730. The molecule has 1 aromatic carbocycles. The van der Waals surface area contributed by atoms with Crippen molar-refractivity contribution in [3.63, 3.8) is 0 Å². The second-order valence-electron chi connectivity index (χ2n) is 3.07. The molecular formula is C10H3Br2Cl3N2. The van der Waals surface area contributed by atoms with Gasteiger partial charge in [0.2, 0.25) is 0 Å². The van der Waals surface area contributed by atoms with E-state index in [1.54, 1.807) is 12.1 Å². The number of hydrogen-bond acceptors (Lipinski definition) is 2. The number of hydrogen-bond donors (Lipinski definition) is 0. The normalized spacial score (nSPS) is 10.6. The van der Waals surface area contributed by atoms with Crippen molar-refractivity contribution < 1.29 is 0 Å². The second-order valence-corrected chi connectivity index (χ2v) is 5.87. The van der Waals surface area contributed by atoms with E-state index >= 15 is 0 Å². The molecule has 0 unspecified atom stereocenters. The van der Waals surface area contributed by atoms with Crippen LogP contribution in [0.3, 0.4) is 0 Å². The van der Waals surface area contributed by atoms with Gasteiger partial charge >= 0.3 is 0 Å². The van der Waals surface area contributed by atoms with E-state index in [9.17, 15) is 0 Å². The summed E-state index contributed by atoms with van der Waals surface area (Å²) in [6.45, 7) is 0. The predicted octanol–water partition coefficient (Wildman–Crippen LogP) is 5.63. The Labute approximate surface area is 130 Å². The highest BCUT2D eigenvalue weighted by Crippen LogP contribution is 2.33. The van der Waals surface area contributed by atoms with Gasteiger partial charge in [-0.25, -0.2) is 9.97 Å². The zero-order chi connectivity index (χ0) is 12.6. The fourth-order valence-corrected chi connectivity index (χ4v) is 2.34. The Morgan fingerprint density at radius 1 is 0.941 bits per heavy atom. The Morgan fingerprint density at radius 2 is 1.53 bits per heavy atom. The van der Waals surface area contributed by atoms with Gasteiger partial charge in [0.1, 0.15) is 10.3 Å². The second kappa shape index (κ2) is 5.41. The Bertz CT molecular complexity index is 567. The minimum absolute atomic E-state index is 0.256. The summed E-state index contributed by atoms with van der Waals surface area (Å²) in [7, 11) is 0. The van der Waals surface area contributed by atoms with Crippen molar-refractivity contribution in [1.29, 1.82) is 0 Å². The van der Waals surface area contributed by atoms with Crippen LogP contribution in [-0.2, 0) is 0 Å². The van der Waals surface area contributed by atoms with Crippen molar-refractivity contribution >= 4 is 66.7 Å². The summed E-state index contributed by atoms with van der Waals surface area (Å²) < 4.78 is 1.29. The van der Waals surface area contributed by atoms with Crippen molar-refractivity contribution in [2.24, 2.45) is 0 Å². The molecule has 0 amide bonds. The average molecular weight is 417 g/mol. The highest BCUT2D eigenvalue weighted by atomic mass is 79.9. The topological polar surface area (TPSA) is 25.8 Å². The molecule has 0 aliphatic rings. The fraction of sp³-hybridized carbons (Fsp3) is 0. The van der Waals surface area contributed by atoms with Gasteiger partial charge in [0.05, 0.1) is 4.47 Å². The van der Waals surface area contributed by atoms with Crippen LogP contribution in [-0.4, -0.2) is 9.97 Å². The van der Waals surface area contributed by atoms with Gasteiger partial charge in [-0.1, -0.05) is 50.7 Å². The Kier molecular flexibility index (Phi) is 4.31. The summed E-state index contributed by atoms with van der Waals surface area (Å²) in [5, 5.41) is 1.10. The lowest BCUT2D eigenvalue weighted by Crippen LogP contribution is -1.92. The van der Waals surface area contributed by atoms with Gasteiger partial charge in [-0.3, -0.25) is 0 Å². The number of rotatable bonds is 1. The van der Waals surface area contributed by atoms with Crippen LogP contribution in [0.15, 0.2) is 27.1 Å². The summed E-state index contributed by atoms with van der Waals surface area (Å²) in [4.78, 5) is 8.28. The SMILES string of the molecule is Clc1ccc(Br)c(-c2nc(Cl)c(Br)c(Cl)n2)c1. The largest absolute Gasteiger partial charge is 0.215 e. The molecule has 0 aliphatic carbocycles. The predicted molar refractivity (Wildman–Crippen MR) is 77.9 cm³/mol. The first kappa shape index (κ1) is 13.6. The summed E-state index contributed by atoms with van der Waals surface area (Å²) in [5.74, 6) is 0.414. The number of benzene rings is 1. The van der Waals surface area contributed by atoms with Crippen LogP contribution in [0.25, 0.3) is 11.4 Å². The van der Waals surface area contributed by atoms with Crippen LogP contribution < -0.4 is 0 Å². The van der Waals surface area contributed by atoms with Crippen LogP contribution in [0.4, 0.5) is 0 Å². The highest BCUT2D eigenvalue weighted by Gasteiger charge is 2.13. The van der Waals surface area contributed by atoms with Crippen LogP contribution in [0, 0.1) is 0 Å². The standard InChI is InChI=1S/C10H3Br2Cl3N2/c11-6-2-1-4(13)3-5(6)10-16-8(14)7(12)9(15)17-10/h1-3H. The van der Waals surface area contributed by atoms with E-state index in [2.05, 4.69) is 41.8 Å². The van der Waals surface area contributed by atoms with Crippen LogP contribution in [0.5, 0.6) is 0 Å². The van der Waals surface area contributed by atoms with Gasteiger partial charge in [-0.15, -0.1) is 0 Å². The van der Waals surface area contributed by atoms with E-state index in [4.69, 9.17) is 34.8 Å². The molecule has 1 aromatic heterocycles. The van der Waals surface area contributed by atoms with E-state index in [0.717, 1.165) is 10.0 Å². The minimum atomic E-state index is 0.256. The zero-order valence-electron chi connectivity index (χ0n) is 8.02. The van der Waals surface area contributed by atoms with Crippen molar-refractivity contribution in [2.75, 3.05) is 0 Å². The number of halogens is 5. The zero-order valence-corrected chi connectivity index (χ0v) is 13.5. The van der Waals surface area contributed by atoms with Crippen LogP contribution in [0.1, 0.15) is 0 Å². The lowest BCUT2D eigenvalue weighted by Gasteiger charge is -2.06. The lowest BCUT2D eigenvalue weighted by molar-refractivity contribution is 1.16. The van der Waals surface area contributed by atoms with E-state index < -0.39 is 0 Å². The van der Waals surface area contributed by atoms with E-state index in [1.807, 2.05) is 6.07 Å². The maximum Gasteiger partial charge on any atom is 0.163 e. The quantitative estimate of drug-likeness (QED) is 0.563. The maximum atomic E-state index is 5.93. The molecule has 17 heavy (non-hydrogen) atoms. The minimum Gasteiger partial charge on any atom is -0.215 e. The molecule has 0 atom stereocenters. The molecule has 0 aliphatic heterocycles. The molecule has 0 spiro atoms. The third kappa shape index (κ3) is 2.93. The first-order chi connectivity index (χ1) is 7.99. The van der Waals surface area contributed by atoms with Gasteiger partial charge in [0, 0.05) is 15.1 Å². The average Bonchev–Trinajstić information content (AvgIpc) is 2.28. The molecule has 1 heterocycles. The van der Waals surface area contributed by atoms with Crippen molar-refractivity contribution in [2.45, 2.75) is 0 Å². The van der Waals surface area contributed by atoms with Gasteiger partial charge in [0.15, 0.2) is 5.82 Å². The van der Waals surface area contributed by atoms with E-state index in [0.29, 0.717) is 15.3 Å². The third-order valence-electron chi connectivity index (χ3n) is 1.94. The molecule has 88 valence electrons. The fourth-order valence-electron chi connectivity index (χ4n) is 1.18. The molecule has 2 rings (SSSR count). The third-order valence-corrected chi connectivity index (χ3v) is 4.62. The Morgan fingerprint density at radius 3 is 2.12 bits per heavy atom. The highest BCUT2D eigenvalue weighted by molar-refractivity contribution is 9.11. The summed E-state index contributed by atoms with van der Waals surface area (Å²) in [6.07, 6.45) is 0. The van der Waals surface area contributed by atoms with E-state index in [1.165, 1.54) is 0 Å². The molecule has 7 heteroatoms. The van der Waals surface area contributed by atoms with Crippen LogP contribution in [0.2, 0.25) is 15.3 Å². The first-order valence-corrected chi connectivity index (χ1v) is 7.05. The Balaban J connectivity index is 2.64. The van der Waals surface area contributed by atoms with Crippen molar-refractivity contribution in [1.82, 2.24) is 9.97 Å².